The van der Waals surface area contributed by atoms with Crippen molar-refractivity contribution in [3.63, 3.8) is 0 Å². The molecule has 7 nitrogen and oxygen atoms in total. The molecule has 0 spiro atoms. The van der Waals surface area contributed by atoms with Gasteiger partial charge >= 0.3 is 0 Å². The first-order valence-electron chi connectivity index (χ1n) is 9.19. The minimum atomic E-state index is -3.54. The number of nitrogens with zero attached hydrogens (tertiary/aromatic N) is 3. The number of benzene rings is 2. The Morgan fingerprint density at radius 2 is 1.36 bits per heavy atom. The minimum absolute atomic E-state index is 0.124. The molecular formula is C20H21N3O4S. The van der Waals surface area contributed by atoms with E-state index in [0.29, 0.717) is 31.9 Å². The van der Waals surface area contributed by atoms with Crippen molar-refractivity contribution >= 4 is 27.5 Å². The summed E-state index contributed by atoms with van der Waals surface area (Å²) >= 11 is 0. The summed E-state index contributed by atoms with van der Waals surface area (Å²) in [7, 11) is -3.54. The maximum atomic E-state index is 12.8. The van der Waals surface area contributed by atoms with Gasteiger partial charge in [0, 0.05) is 26.2 Å². The van der Waals surface area contributed by atoms with Gasteiger partial charge in [-0.3, -0.25) is 14.5 Å². The molecule has 1 unspecified atom stereocenters. The molecule has 0 radical (unpaired) electrons. The summed E-state index contributed by atoms with van der Waals surface area (Å²) < 4.78 is 26.9. The standard InChI is InChI=1S/C20H21N3O4S/c24-19-15-18(20(25)23(19)16-7-3-1-4-8-16)21-11-13-22(14-12-21)28(26,27)17-9-5-2-6-10-17/h1-10,18H,11-15H2. The number of hydrogen-bond acceptors (Lipinski definition) is 5. The summed E-state index contributed by atoms with van der Waals surface area (Å²) in [4.78, 5) is 28.7. The topological polar surface area (TPSA) is 78.0 Å². The predicted molar refractivity (Wildman–Crippen MR) is 104 cm³/mol. The molecule has 146 valence electrons. The van der Waals surface area contributed by atoms with Crippen LogP contribution in [0.15, 0.2) is 65.6 Å². The molecule has 2 aromatic carbocycles. The van der Waals surface area contributed by atoms with Gasteiger partial charge in [-0.15, -0.1) is 0 Å². The number of imide groups is 1. The van der Waals surface area contributed by atoms with Gasteiger partial charge in [-0.2, -0.15) is 4.31 Å². The molecule has 2 amide bonds. The number of piperazine rings is 1. The zero-order valence-electron chi connectivity index (χ0n) is 15.3. The van der Waals surface area contributed by atoms with Crippen molar-refractivity contribution in [1.82, 2.24) is 9.21 Å². The Morgan fingerprint density at radius 1 is 0.786 bits per heavy atom. The molecule has 0 N–H and O–H groups in total. The third kappa shape index (κ3) is 3.34. The Kier molecular flexibility index (Phi) is 5.01. The average Bonchev–Trinajstić information content (AvgIpc) is 3.03. The summed E-state index contributed by atoms with van der Waals surface area (Å²) in [6.07, 6.45) is 0.124. The fourth-order valence-electron chi connectivity index (χ4n) is 3.75. The lowest BCUT2D eigenvalue weighted by Gasteiger charge is -2.36. The first-order chi connectivity index (χ1) is 13.5. The van der Waals surface area contributed by atoms with E-state index in [2.05, 4.69) is 0 Å². The van der Waals surface area contributed by atoms with Crippen molar-refractivity contribution in [2.24, 2.45) is 0 Å². The van der Waals surface area contributed by atoms with Crippen LogP contribution in [-0.2, 0) is 19.6 Å². The van der Waals surface area contributed by atoms with Crippen molar-refractivity contribution < 1.29 is 18.0 Å². The van der Waals surface area contributed by atoms with Crippen molar-refractivity contribution in [2.75, 3.05) is 31.1 Å². The van der Waals surface area contributed by atoms with Gasteiger partial charge in [0.25, 0.3) is 5.91 Å². The first kappa shape index (κ1) is 18.8. The second-order valence-corrected chi connectivity index (χ2v) is 8.81. The highest BCUT2D eigenvalue weighted by Gasteiger charge is 2.44. The number of sulfonamides is 1. The van der Waals surface area contributed by atoms with E-state index in [0.717, 1.165) is 0 Å². The van der Waals surface area contributed by atoms with E-state index >= 15 is 0 Å². The number of rotatable bonds is 4. The van der Waals surface area contributed by atoms with Gasteiger partial charge in [0.2, 0.25) is 15.9 Å². The summed E-state index contributed by atoms with van der Waals surface area (Å²) in [5.41, 5.74) is 0.574. The van der Waals surface area contributed by atoms with Crippen LogP contribution >= 0.6 is 0 Å². The van der Waals surface area contributed by atoms with Crippen LogP contribution in [0.5, 0.6) is 0 Å². The Hall–Kier alpha value is -2.55. The summed E-state index contributed by atoms with van der Waals surface area (Å²) in [6.45, 7) is 1.41. The van der Waals surface area contributed by atoms with Crippen LogP contribution in [0.1, 0.15) is 6.42 Å². The molecular weight excluding hydrogens is 378 g/mol. The van der Waals surface area contributed by atoms with E-state index in [1.807, 2.05) is 11.0 Å². The molecule has 2 fully saturated rings. The summed E-state index contributed by atoms with van der Waals surface area (Å²) in [6, 6.07) is 16.7. The first-order valence-corrected chi connectivity index (χ1v) is 10.6. The fraction of sp³-hybridized carbons (Fsp3) is 0.300. The SMILES string of the molecule is O=C1CC(N2CCN(S(=O)(=O)c3ccccc3)CC2)C(=O)N1c1ccccc1. The molecule has 2 aliphatic rings. The lowest BCUT2D eigenvalue weighted by Crippen LogP contribution is -2.53. The highest BCUT2D eigenvalue weighted by atomic mass is 32.2. The monoisotopic (exact) mass is 399 g/mol. The van der Waals surface area contributed by atoms with Crippen LogP contribution < -0.4 is 4.90 Å². The average molecular weight is 399 g/mol. The molecule has 8 heteroatoms. The molecule has 0 aliphatic carbocycles. The smallest absolute Gasteiger partial charge is 0.251 e. The molecule has 2 saturated heterocycles. The Balaban J connectivity index is 1.45. The zero-order valence-corrected chi connectivity index (χ0v) is 16.1. The summed E-state index contributed by atoms with van der Waals surface area (Å²) in [5.74, 6) is -0.462. The predicted octanol–water partition coefficient (Wildman–Crippen LogP) is 1.32. The second-order valence-electron chi connectivity index (χ2n) is 6.88. The maximum Gasteiger partial charge on any atom is 0.251 e. The largest absolute Gasteiger partial charge is 0.289 e. The van der Waals surface area contributed by atoms with E-state index in [4.69, 9.17) is 0 Å². The van der Waals surface area contributed by atoms with Crippen LogP contribution in [-0.4, -0.2) is 61.7 Å². The highest BCUT2D eigenvalue weighted by molar-refractivity contribution is 7.89. The third-order valence-corrected chi connectivity index (χ3v) is 7.15. The number of para-hydroxylation sites is 1. The maximum absolute atomic E-state index is 12.8. The molecule has 28 heavy (non-hydrogen) atoms. The normalized spacial score (nSPS) is 22.0. The number of amides is 2. The van der Waals surface area contributed by atoms with Gasteiger partial charge < -0.3 is 0 Å². The van der Waals surface area contributed by atoms with Gasteiger partial charge in [-0.05, 0) is 24.3 Å². The van der Waals surface area contributed by atoms with Crippen LogP contribution in [0.25, 0.3) is 0 Å². The molecule has 1 atom stereocenters. The van der Waals surface area contributed by atoms with Gasteiger partial charge in [-0.25, -0.2) is 13.3 Å². The molecule has 2 aromatic rings. The Labute approximate surface area is 164 Å². The van der Waals surface area contributed by atoms with Crippen LogP contribution in [0.3, 0.4) is 0 Å². The van der Waals surface area contributed by atoms with Gasteiger partial charge in [0.05, 0.1) is 23.0 Å². The van der Waals surface area contributed by atoms with Gasteiger partial charge in [-0.1, -0.05) is 36.4 Å². The van der Waals surface area contributed by atoms with Gasteiger partial charge in [0.15, 0.2) is 0 Å². The van der Waals surface area contributed by atoms with Crippen molar-refractivity contribution in [2.45, 2.75) is 17.4 Å². The van der Waals surface area contributed by atoms with E-state index in [1.54, 1.807) is 54.6 Å². The number of carbonyl (C=O) groups is 2. The Morgan fingerprint density at radius 3 is 1.96 bits per heavy atom. The van der Waals surface area contributed by atoms with E-state index in [9.17, 15) is 18.0 Å². The Bertz CT molecular complexity index is 971. The fourth-order valence-corrected chi connectivity index (χ4v) is 5.19. The van der Waals surface area contributed by atoms with Crippen molar-refractivity contribution in [3.8, 4) is 0 Å². The molecule has 0 aromatic heterocycles. The molecule has 2 aliphatic heterocycles. The third-order valence-electron chi connectivity index (χ3n) is 5.23. The number of hydrogen-bond donors (Lipinski definition) is 0. The lowest BCUT2D eigenvalue weighted by molar-refractivity contribution is -0.123. The van der Waals surface area contributed by atoms with Crippen LogP contribution in [0.2, 0.25) is 0 Å². The van der Waals surface area contributed by atoms with E-state index in [-0.39, 0.29) is 23.1 Å². The minimum Gasteiger partial charge on any atom is -0.289 e. The van der Waals surface area contributed by atoms with Crippen LogP contribution in [0.4, 0.5) is 5.69 Å². The molecule has 0 saturated carbocycles. The van der Waals surface area contributed by atoms with Crippen LogP contribution in [0, 0.1) is 0 Å². The summed E-state index contributed by atoms with van der Waals surface area (Å²) in [5, 5.41) is 0. The van der Waals surface area contributed by atoms with E-state index < -0.39 is 16.1 Å². The van der Waals surface area contributed by atoms with Crippen molar-refractivity contribution in [3.05, 3.63) is 60.7 Å². The molecule has 4 rings (SSSR count). The van der Waals surface area contributed by atoms with Crippen molar-refractivity contribution in [1.29, 1.82) is 0 Å². The molecule has 0 bridgehead atoms. The lowest BCUT2D eigenvalue weighted by atomic mass is 10.2. The quantitative estimate of drug-likeness (QED) is 0.725. The number of carbonyl (C=O) groups excluding carboxylic acids is 2. The van der Waals surface area contributed by atoms with E-state index in [1.165, 1.54) is 9.21 Å². The second kappa shape index (κ2) is 7.46. The highest BCUT2D eigenvalue weighted by Crippen LogP contribution is 2.27. The number of anilines is 1. The molecule has 2 heterocycles. The van der Waals surface area contributed by atoms with Gasteiger partial charge in [0.1, 0.15) is 0 Å². The zero-order chi connectivity index (χ0) is 19.7.